The van der Waals surface area contributed by atoms with Gasteiger partial charge in [0, 0.05) is 17.5 Å². The van der Waals surface area contributed by atoms with Gasteiger partial charge in [-0.2, -0.15) is 0 Å². The Morgan fingerprint density at radius 3 is 2.78 bits per heavy atom. The predicted octanol–water partition coefficient (Wildman–Crippen LogP) is 4.10. The number of imidazole rings is 1. The summed E-state index contributed by atoms with van der Waals surface area (Å²) in [7, 11) is 0. The fourth-order valence-corrected chi connectivity index (χ4v) is 2.27. The molecule has 0 unspecified atom stereocenters. The van der Waals surface area contributed by atoms with Crippen molar-refractivity contribution in [2.75, 3.05) is 0 Å². The molecule has 2 aromatic heterocycles. The molecule has 0 amide bonds. The maximum absolute atomic E-state index is 13.3. The summed E-state index contributed by atoms with van der Waals surface area (Å²) in [6, 6.07) is 10.1. The van der Waals surface area contributed by atoms with Crippen LogP contribution >= 0.6 is 11.6 Å². The van der Waals surface area contributed by atoms with Crippen molar-refractivity contribution in [1.29, 1.82) is 0 Å². The van der Waals surface area contributed by atoms with Crippen LogP contribution < -0.4 is 0 Å². The van der Waals surface area contributed by atoms with Crippen molar-refractivity contribution in [1.82, 2.24) is 9.38 Å². The Morgan fingerprint density at radius 2 is 2.06 bits per heavy atom. The molecule has 0 bridgehead atoms. The minimum Gasteiger partial charge on any atom is -0.302 e. The Hall–Kier alpha value is -1.87. The molecule has 90 valence electrons. The van der Waals surface area contributed by atoms with Crippen LogP contribution in [0.3, 0.4) is 0 Å². The number of aryl methyl sites for hydroxylation is 1. The number of hydrogen-bond acceptors (Lipinski definition) is 1. The first-order valence-electron chi connectivity index (χ1n) is 5.56. The molecule has 0 aliphatic heterocycles. The number of aromatic nitrogens is 2. The van der Waals surface area contributed by atoms with Gasteiger partial charge in [-0.15, -0.1) is 0 Å². The highest BCUT2D eigenvalue weighted by molar-refractivity contribution is 6.33. The molecular formula is C14H10ClFN2. The number of benzene rings is 1. The number of pyridine rings is 1. The van der Waals surface area contributed by atoms with Gasteiger partial charge in [0.1, 0.15) is 5.82 Å². The lowest BCUT2D eigenvalue weighted by molar-refractivity contribution is 0.628. The Morgan fingerprint density at radius 1 is 1.22 bits per heavy atom. The third-order valence-electron chi connectivity index (χ3n) is 2.94. The zero-order chi connectivity index (χ0) is 12.7. The van der Waals surface area contributed by atoms with E-state index in [0.717, 1.165) is 17.0 Å². The largest absolute Gasteiger partial charge is 0.302 e. The second-order valence-corrected chi connectivity index (χ2v) is 4.51. The highest BCUT2D eigenvalue weighted by Gasteiger charge is 2.12. The molecule has 0 aliphatic rings. The molecule has 2 nitrogen and oxygen atoms in total. The van der Waals surface area contributed by atoms with Crippen LogP contribution in [0, 0.1) is 12.7 Å². The van der Waals surface area contributed by atoms with Gasteiger partial charge in [0.25, 0.3) is 0 Å². The Balaban J connectivity index is 2.30. The second kappa shape index (κ2) is 4.10. The van der Waals surface area contributed by atoms with Crippen LogP contribution in [-0.2, 0) is 0 Å². The summed E-state index contributed by atoms with van der Waals surface area (Å²) in [6.45, 7) is 1.94. The number of nitrogens with zero attached hydrogens (tertiary/aromatic N) is 2. The van der Waals surface area contributed by atoms with Crippen LogP contribution in [-0.4, -0.2) is 9.38 Å². The first kappa shape index (κ1) is 11.2. The number of hydrogen-bond donors (Lipinski definition) is 0. The fraction of sp³-hybridized carbons (Fsp3) is 0.0714. The zero-order valence-electron chi connectivity index (χ0n) is 9.69. The highest BCUT2D eigenvalue weighted by atomic mass is 35.5. The van der Waals surface area contributed by atoms with Gasteiger partial charge in [0.05, 0.1) is 10.7 Å². The molecule has 0 aliphatic carbocycles. The molecule has 0 saturated heterocycles. The monoisotopic (exact) mass is 260 g/mol. The lowest BCUT2D eigenvalue weighted by atomic mass is 10.1. The summed E-state index contributed by atoms with van der Waals surface area (Å²) in [5.74, 6) is -0.268. The molecule has 0 radical (unpaired) electrons. The van der Waals surface area contributed by atoms with E-state index in [4.69, 9.17) is 11.6 Å². The van der Waals surface area contributed by atoms with Crippen molar-refractivity contribution in [3.63, 3.8) is 0 Å². The van der Waals surface area contributed by atoms with E-state index in [2.05, 4.69) is 4.98 Å². The van der Waals surface area contributed by atoms with Gasteiger partial charge in [0.2, 0.25) is 0 Å². The van der Waals surface area contributed by atoms with E-state index < -0.39 is 0 Å². The molecule has 0 atom stereocenters. The molecule has 3 aromatic rings. The van der Waals surface area contributed by atoms with E-state index in [1.807, 2.05) is 29.7 Å². The quantitative estimate of drug-likeness (QED) is 0.644. The van der Waals surface area contributed by atoms with E-state index in [9.17, 15) is 4.39 Å². The van der Waals surface area contributed by atoms with Crippen molar-refractivity contribution >= 4 is 17.2 Å². The summed E-state index contributed by atoms with van der Waals surface area (Å²) in [4.78, 5) is 4.49. The maximum atomic E-state index is 13.3. The first-order valence-corrected chi connectivity index (χ1v) is 5.94. The average Bonchev–Trinajstić information content (AvgIpc) is 2.69. The van der Waals surface area contributed by atoms with Crippen LogP contribution in [0.1, 0.15) is 5.69 Å². The van der Waals surface area contributed by atoms with Gasteiger partial charge in [-0.1, -0.05) is 23.7 Å². The van der Waals surface area contributed by atoms with Crippen LogP contribution in [0.5, 0.6) is 0 Å². The molecule has 0 spiro atoms. The lowest BCUT2D eigenvalue weighted by Gasteiger charge is -1.99. The Kier molecular flexibility index (Phi) is 2.56. The van der Waals surface area contributed by atoms with E-state index in [1.54, 1.807) is 12.1 Å². The van der Waals surface area contributed by atoms with Crippen LogP contribution in [0.2, 0.25) is 5.02 Å². The van der Waals surface area contributed by atoms with Crippen molar-refractivity contribution < 1.29 is 4.39 Å². The molecule has 0 saturated carbocycles. The smallest absolute Gasteiger partial charge is 0.156 e. The predicted molar refractivity (Wildman–Crippen MR) is 70.3 cm³/mol. The summed E-state index contributed by atoms with van der Waals surface area (Å²) in [5.41, 5.74) is 3.14. The van der Waals surface area contributed by atoms with E-state index >= 15 is 0 Å². The van der Waals surface area contributed by atoms with Crippen LogP contribution in [0.15, 0.2) is 42.6 Å². The maximum Gasteiger partial charge on any atom is 0.156 e. The SMILES string of the molecule is Cc1c(-c2cccc(F)c2)nc2c(Cl)cccn12. The molecule has 4 heteroatoms. The molecule has 3 rings (SSSR count). The van der Waals surface area contributed by atoms with Gasteiger partial charge in [-0.25, -0.2) is 9.37 Å². The van der Waals surface area contributed by atoms with Crippen molar-refractivity contribution in [3.05, 3.63) is 59.1 Å². The highest BCUT2D eigenvalue weighted by Crippen LogP contribution is 2.27. The fourth-order valence-electron chi connectivity index (χ4n) is 2.06. The van der Waals surface area contributed by atoms with Crippen LogP contribution in [0.25, 0.3) is 16.9 Å². The normalized spacial score (nSPS) is 11.1. The number of fused-ring (bicyclic) bond motifs is 1. The van der Waals surface area contributed by atoms with Gasteiger partial charge in [-0.3, -0.25) is 0 Å². The van der Waals surface area contributed by atoms with Gasteiger partial charge in [0.15, 0.2) is 5.65 Å². The summed E-state index contributed by atoms with van der Waals surface area (Å²) in [5, 5.41) is 0.586. The summed E-state index contributed by atoms with van der Waals surface area (Å²) in [6.07, 6.45) is 1.90. The second-order valence-electron chi connectivity index (χ2n) is 4.11. The van der Waals surface area contributed by atoms with Gasteiger partial charge >= 0.3 is 0 Å². The third-order valence-corrected chi connectivity index (χ3v) is 3.23. The van der Waals surface area contributed by atoms with Gasteiger partial charge < -0.3 is 4.40 Å². The molecular weight excluding hydrogens is 251 g/mol. The standard InChI is InChI=1S/C14H10ClFN2/c1-9-13(10-4-2-5-11(16)8-10)17-14-12(15)6-3-7-18(9)14/h2-8H,1H3. The first-order chi connectivity index (χ1) is 8.66. The van der Waals surface area contributed by atoms with E-state index in [-0.39, 0.29) is 5.82 Å². The lowest BCUT2D eigenvalue weighted by Crippen LogP contribution is -1.87. The summed E-state index contributed by atoms with van der Waals surface area (Å²) < 4.78 is 15.2. The molecule has 18 heavy (non-hydrogen) atoms. The van der Waals surface area contributed by atoms with Crippen LogP contribution in [0.4, 0.5) is 4.39 Å². The molecule has 0 N–H and O–H groups in total. The average molecular weight is 261 g/mol. The third kappa shape index (κ3) is 1.68. The van der Waals surface area contributed by atoms with E-state index in [0.29, 0.717) is 10.7 Å². The Labute approximate surface area is 109 Å². The Bertz CT molecular complexity index is 734. The van der Waals surface area contributed by atoms with Gasteiger partial charge in [-0.05, 0) is 31.2 Å². The molecule has 0 fully saturated rings. The molecule has 2 heterocycles. The molecule has 1 aromatic carbocycles. The minimum atomic E-state index is -0.268. The van der Waals surface area contributed by atoms with E-state index in [1.165, 1.54) is 12.1 Å². The van der Waals surface area contributed by atoms with Crippen molar-refractivity contribution in [2.45, 2.75) is 6.92 Å². The minimum absolute atomic E-state index is 0.268. The zero-order valence-corrected chi connectivity index (χ0v) is 10.4. The van der Waals surface area contributed by atoms with Crippen molar-refractivity contribution in [3.8, 4) is 11.3 Å². The van der Waals surface area contributed by atoms with Crippen molar-refractivity contribution in [2.24, 2.45) is 0 Å². The number of halogens is 2. The summed E-state index contributed by atoms with van der Waals surface area (Å²) >= 11 is 6.10. The topological polar surface area (TPSA) is 17.3 Å². The number of rotatable bonds is 1.